The van der Waals surface area contributed by atoms with Crippen molar-refractivity contribution < 1.29 is 14.3 Å². The van der Waals surface area contributed by atoms with E-state index >= 15 is 0 Å². The molecule has 1 aliphatic rings. The van der Waals surface area contributed by atoms with Crippen LogP contribution in [0.2, 0.25) is 0 Å². The lowest BCUT2D eigenvalue weighted by Gasteiger charge is -2.24. The number of likely N-dealkylation sites (tertiary alicyclic amines) is 1. The summed E-state index contributed by atoms with van der Waals surface area (Å²) in [5, 5.41) is 2.84. The Kier molecular flexibility index (Phi) is 6.23. The highest BCUT2D eigenvalue weighted by molar-refractivity contribution is 6.01. The fourth-order valence-corrected chi connectivity index (χ4v) is 3.30. The number of rotatable bonds is 6. The number of nitrogens with one attached hydrogen (secondary N) is 1. The van der Waals surface area contributed by atoms with Gasteiger partial charge in [0.15, 0.2) is 0 Å². The zero-order valence-corrected chi connectivity index (χ0v) is 16.5. The number of hydrogen-bond acceptors (Lipinski definition) is 5. The first-order valence-corrected chi connectivity index (χ1v) is 9.54. The van der Waals surface area contributed by atoms with Crippen LogP contribution in [0.25, 0.3) is 0 Å². The van der Waals surface area contributed by atoms with Crippen LogP contribution in [0, 0.1) is 5.92 Å². The smallest absolute Gasteiger partial charge is 0.254 e. The molecule has 1 aliphatic heterocycles. The van der Waals surface area contributed by atoms with Crippen molar-refractivity contribution in [1.29, 1.82) is 0 Å². The summed E-state index contributed by atoms with van der Waals surface area (Å²) in [6.45, 7) is 4.77. The lowest BCUT2D eigenvalue weighted by atomic mass is 10.1. The number of carbonyl (C=O) groups excluding carboxylic acids is 2. The molecule has 148 valence electrons. The SMILES string of the molecule is COc1ccc(C(=O)N2CCCC2C(=O)Nc2cnc(CC(C)C)nc2)cc1. The molecule has 3 rings (SSSR count). The third-order valence-electron chi connectivity index (χ3n) is 4.72. The molecule has 1 saturated heterocycles. The normalized spacial score (nSPS) is 16.3. The highest BCUT2D eigenvalue weighted by atomic mass is 16.5. The van der Waals surface area contributed by atoms with Crippen LogP contribution in [0.15, 0.2) is 36.7 Å². The van der Waals surface area contributed by atoms with Crippen LogP contribution in [-0.2, 0) is 11.2 Å². The number of benzene rings is 1. The molecule has 1 aromatic carbocycles. The highest BCUT2D eigenvalue weighted by Gasteiger charge is 2.34. The summed E-state index contributed by atoms with van der Waals surface area (Å²) in [5.74, 6) is 1.55. The molecule has 1 N–H and O–H groups in total. The van der Waals surface area contributed by atoms with Gasteiger partial charge < -0.3 is 15.0 Å². The van der Waals surface area contributed by atoms with Gasteiger partial charge in [-0.05, 0) is 43.0 Å². The van der Waals surface area contributed by atoms with Crippen molar-refractivity contribution in [3.8, 4) is 5.75 Å². The summed E-state index contributed by atoms with van der Waals surface area (Å²) >= 11 is 0. The molecule has 1 atom stereocenters. The van der Waals surface area contributed by atoms with E-state index in [1.165, 1.54) is 0 Å². The molecule has 1 unspecified atom stereocenters. The maximum Gasteiger partial charge on any atom is 0.254 e. The minimum Gasteiger partial charge on any atom is -0.497 e. The molecule has 1 aromatic heterocycles. The fraction of sp³-hybridized carbons (Fsp3) is 0.429. The maximum absolute atomic E-state index is 12.8. The average Bonchev–Trinajstić information content (AvgIpc) is 3.18. The van der Waals surface area contributed by atoms with Crippen molar-refractivity contribution in [1.82, 2.24) is 14.9 Å². The predicted octanol–water partition coefficient (Wildman–Crippen LogP) is 2.93. The van der Waals surface area contributed by atoms with Crippen LogP contribution in [0.1, 0.15) is 42.9 Å². The minimum absolute atomic E-state index is 0.149. The first kappa shape index (κ1) is 19.8. The van der Waals surface area contributed by atoms with Gasteiger partial charge in [-0.1, -0.05) is 13.8 Å². The Hall–Kier alpha value is -2.96. The number of hydrogen-bond donors (Lipinski definition) is 1. The quantitative estimate of drug-likeness (QED) is 0.830. The second-order valence-electron chi connectivity index (χ2n) is 7.36. The Balaban J connectivity index is 1.66. The van der Waals surface area contributed by atoms with Gasteiger partial charge in [0.1, 0.15) is 17.6 Å². The molecule has 0 aliphatic carbocycles. The third kappa shape index (κ3) is 4.65. The Morgan fingerprint density at radius 3 is 2.50 bits per heavy atom. The van der Waals surface area contributed by atoms with E-state index < -0.39 is 6.04 Å². The predicted molar refractivity (Wildman–Crippen MR) is 106 cm³/mol. The van der Waals surface area contributed by atoms with Crippen LogP contribution in [0.3, 0.4) is 0 Å². The van der Waals surface area contributed by atoms with Gasteiger partial charge in [-0.3, -0.25) is 9.59 Å². The zero-order valence-electron chi connectivity index (χ0n) is 16.5. The molecule has 28 heavy (non-hydrogen) atoms. The number of nitrogens with zero attached hydrogens (tertiary/aromatic N) is 3. The summed E-state index contributed by atoms with van der Waals surface area (Å²) in [4.78, 5) is 35.8. The molecular formula is C21H26N4O3. The van der Waals surface area contributed by atoms with Gasteiger partial charge in [0.25, 0.3) is 5.91 Å². The van der Waals surface area contributed by atoms with Gasteiger partial charge in [0.2, 0.25) is 5.91 Å². The highest BCUT2D eigenvalue weighted by Crippen LogP contribution is 2.22. The second kappa shape index (κ2) is 8.82. The summed E-state index contributed by atoms with van der Waals surface area (Å²) in [6.07, 6.45) is 5.46. The van der Waals surface area contributed by atoms with E-state index in [4.69, 9.17) is 4.74 Å². The molecule has 2 aromatic rings. The van der Waals surface area contributed by atoms with Gasteiger partial charge in [0, 0.05) is 18.5 Å². The van der Waals surface area contributed by atoms with Crippen molar-refractivity contribution in [2.75, 3.05) is 19.0 Å². The number of ether oxygens (including phenoxy) is 1. The van der Waals surface area contributed by atoms with Crippen LogP contribution in [0.4, 0.5) is 5.69 Å². The molecule has 0 spiro atoms. The third-order valence-corrected chi connectivity index (χ3v) is 4.72. The average molecular weight is 382 g/mol. The van der Waals surface area contributed by atoms with E-state index in [2.05, 4.69) is 29.1 Å². The van der Waals surface area contributed by atoms with Crippen molar-refractivity contribution in [2.45, 2.75) is 39.2 Å². The van der Waals surface area contributed by atoms with E-state index in [1.807, 2.05) is 0 Å². The van der Waals surface area contributed by atoms with Crippen molar-refractivity contribution in [2.24, 2.45) is 5.92 Å². The molecule has 0 saturated carbocycles. The maximum atomic E-state index is 12.8. The summed E-state index contributed by atoms with van der Waals surface area (Å²) < 4.78 is 5.13. The first-order chi connectivity index (χ1) is 13.5. The zero-order chi connectivity index (χ0) is 20.1. The molecule has 0 radical (unpaired) electrons. The molecular weight excluding hydrogens is 356 g/mol. The van der Waals surface area contributed by atoms with Crippen LogP contribution in [-0.4, -0.2) is 46.4 Å². The Morgan fingerprint density at radius 2 is 1.89 bits per heavy atom. The fourth-order valence-electron chi connectivity index (χ4n) is 3.30. The van der Waals surface area contributed by atoms with E-state index in [9.17, 15) is 9.59 Å². The van der Waals surface area contributed by atoms with Crippen molar-refractivity contribution >= 4 is 17.5 Å². The number of methoxy groups -OCH3 is 1. The number of anilines is 1. The van der Waals surface area contributed by atoms with Crippen LogP contribution >= 0.6 is 0 Å². The van der Waals surface area contributed by atoms with Crippen LogP contribution in [0.5, 0.6) is 5.75 Å². The monoisotopic (exact) mass is 382 g/mol. The van der Waals surface area contributed by atoms with Gasteiger partial charge in [-0.25, -0.2) is 9.97 Å². The topological polar surface area (TPSA) is 84.4 Å². The van der Waals surface area contributed by atoms with Gasteiger partial charge in [0.05, 0.1) is 25.2 Å². The van der Waals surface area contributed by atoms with Gasteiger partial charge >= 0.3 is 0 Å². The number of amides is 2. The molecule has 7 nitrogen and oxygen atoms in total. The van der Waals surface area contributed by atoms with Gasteiger partial charge in [-0.2, -0.15) is 0 Å². The Bertz CT molecular complexity index is 819. The first-order valence-electron chi connectivity index (χ1n) is 9.54. The molecule has 0 bridgehead atoms. The molecule has 2 amide bonds. The second-order valence-corrected chi connectivity index (χ2v) is 7.36. The standard InChI is InChI=1S/C21H26N4O3/c1-14(2)11-19-22-12-16(13-23-19)24-20(26)18-5-4-10-25(18)21(27)15-6-8-17(28-3)9-7-15/h6-9,12-14,18H,4-5,10-11H2,1-3H3,(H,24,26). The largest absolute Gasteiger partial charge is 0.497 e. The van der Waals surface area contributed by atoms with Gasteiger partial charge in [-0.15, -0.1) is 0 Å². The minimum atomic E-state index is -0.495. The number of carbonyl (C=O) groups is 2. The summed E-state index contributed by atoms with van der Waals surface area (Å²) in [5.41, 5.74) is 1.09. The van der Waals surface area contributed by atoms with Crippen LogP contribution < -0.4 is 10.1 Å². The van der Waals surface area contributed by atoms with Crippen molar-refractivity contribution in [3.05, 3.63) is 48.0 Å². The van der Waals surface area contributed by atoms with E-state index in [0.717, 1.165) is 18.7 Å². The van der Waals surface area contributed by atoms with Crippen molar-refractivity contribution in [3.63, 3.8) is 0 Å². The lowest BCUT2D eigenvalue weighted by Crippen LogP contribution is -2.43. The molecule has 7 heteroatoms. The molecule has 1 fully saturated rings. The number of aromatic nitrogens is 2. The Labute approximate surface area is 165 Å². The summed E-state index contributed by atoms with van der Waals surface area (Å²) in [6, 6.07) is 6.43. The van der Waals surface area contributed by atoms with E-state index in [1.54, 1.807) is 48.7 Å². The molecule has 2 heterocycles. The Morgan fingerprint density at radius 1 is 1.21 bits per heavy atom. The summed E-state index contributed by atoms with van der Waals surface area (Å²) in [7, 11) is 1.58. The van der Waals surface area contributed by atoms with E-state index in [0.29, 0.717) is 35.9 Å². The lowest BCUT2D eigenvalue weighted by molar-refractivity contribution is -0.119. The van der Waals surface area contributed by atoms with E-state index in [-0.39, 0.29) is 11.8 Å².